The summed E-state index contributed by atoms with van der Waals surface area (Å²) in [5.74, 6) is 0. The Morgan fingerprint density at radius 1 is 1.24 bits per heavy atom. The van der Waals surface area contributed by atoms with Crippen molar-refractivity contribution < 1.29 is 0 Å². The molecular weight excluding hydrogens is 226 g/mol. The number of hydrogen-bond donors (Lipinski definition) is 0. The Labute approximate surface area is 110 Å². The van der Waals surface area contributed by atoms with Gasteiger partial charge in [0.2, 0.25) is 0 Å². The van der Waals surface area contributed by atoms with E-state index in [2.05, 4.69) is 26.0 Å². The lowest BCUT2D eigenvalue weighted by molar-refractivity contribution is 0.332. The summed E-state index contributed by atoms with van der Waals surface area (Å²) in [7, 11) is 5.87. The summed E-state index contributed by atoms with van der Waals surface area (Å²) >= 11 is 5.94. The van der Waals surface area contributed by atoms with E-state index in [1.54, 1.807) is 0 Å². The molecule has 88 valence electrons. The van der Waals surface area contributed by atoms with Crippen LogP contribution < -0.4 is 0 Å². The minimum absolute atomic E-state index is 0.383. The third kappa shape index (κ3) is 2.95. The summed E-state index contributed by atoms with van der Waals surface area (Å²) < 4.78 is 0. The van der Waals surface area contributed by atoms with E-state index in [1.165, 1.54) is 23.1 Å². The smallest absolute Gasteiger partial charge is 0.0712 e. The van der Waals surface area contributed by atoms with E-state index in [-0.39, 0.29) is 0 Å². The normalized spacial score (nSPS) is 19.5. The average molecular weight is 245 g/mol. The molecule has 0 aromatic heterocycles. The highest BCUT2D eigenvalue weighted by Crippen LogP contribution is 2.43. The van der Waals surface area contributed by atoms with E-state index >= 15 is 0 Å². The van der Waals surface area contributed by atoms with E-state index in [9.17, 15) is 0 Å². The summed E-state index contributed by atoms with van der Waals surface area (Å²) in [6, 6.07) is 8.13. The standard InChI is InChI=1S/C15H18BCl/c1-15(2)8-7-12(10-16)14(9-15)11-3-5-13(17)6-4-11/h3-6H,7-10H2,1-2H3. The van der Waals surface area contributed by atoms with Gasteiger partial charge < -0.3 is 0 Å². The van der Waals surface area contributed by atoms with Gasteiger partial charge in [-0.1, -0.05) is 49.5 Å². The number of allylic oxidation sites excluding steroid dienone is 2. The second-order valence-corrected chi connectivity index (χ2v) is 6.07. The van der Waals surface area contributed by atoms with E-state index in [0.29, 0.717) is 11.7 Å². The third-order valence-electron chi connectivity index (χ3n) is 3.62. The van der Waals surface area contributed by atoms with Gasteiger partial charge in [-0.05, 0) is 47.9 Å². The van der Waals surface area contributed by atoms with Gasteiger partial charge in [0.05, 0.1) is 7.85 Å². The topological polar surface area (TPSA) is 0 Å². The molecule has 1 aliphatic rings. The first-order valence-corrected chi connectivity index (χ1v) is 6.56. The van der Waals surface area contributed by atoms with Crippen molar-refractivity contribution >= 4 is 25.0 Å². The van der Waals surface area contributed by atoms with Crippen LogP contribution in [-0.4, -0.2) is 7.85 Å². The van der Waals surface area contributed by atoms with Crippen LogP contribution in [0.25, 0.3) is 5.57 Å². The third-order valence-corrected chi connectivity index (χ3v) is 3.88. The molecule has 1 aromatic rings. The molecule has 2 heteroatoms. The molecule has 2 rings (SSSR count). The number of halogens is 1. The lowest BCUT2D eigenvalue weighted by atomic mass is 9.70. The molecule has 0 saturated heterocycles. The number of benzene rings is 1. The van der Waals surface area contributed by atoms with Crippen LogP contribution in [0.1, 0.15) is 38.7 Å². The zero-order chi connectivity index (χ0) is 12.5. The Balaban J connectivity index is 2.39. The average Bonchev–Trinajstić information content (AvgIpc) is 2.29. The number of hydrogen-bond acceptors (Lipinski definition) is 0. The summed E-state index contributed by atoms with van der Waals surface area (Å²) in [6.45, 7) is 4.66. The van der Waals surface area contributed by atoms with Crippen molar-refractivity contribution in [3.63, 3.8) is 0 Å². The molecule has 0 fully saturated rings. The van der Waals surface area contributed by atoms with Crippen LogP contribution >= 0.6 is 11.6 Å². The van der Waals surface area contributed by atoms with E-state index in [0.717, 1.165) is 17.9 Å². The molecule has 0 spiro atoms. The largest absolute Gasteiger partial charge is 0.0843 e. The minimum Gasteiger partial charge on any atom is -0.0843 e. The Hall–Kier alpha value is -0.685. The Morgan fingerprint density at radius 2 is 1.88 bits per heavy atom. The minimum atomic E-state index is 0.383. The summed E-state index contributed by atoms with van der Waals surface area (Å²) in [5, 5.41) is 0.790. The summed E-state index contributed by atoms with van der Waals surface area (Å²) in [6.07, 6.45) is 4.15. The molecule has 1 aromatic carbocycles. The maximum Gasteiger partial charge on any atom is 0.0712 e. The number of rotatable bonds is 2. The van der Waals surface area contributed by atoms with Crippen molar-refractivity contribution in [2.24, 2.45) is 5.41 Å². The van der Waals surface area contributed by atoms with Crippen molar-refractivity contribution in [3.05, 3.63) is 40.4 Å². The summed E-state index contributed by atoms with van der Waals surface area (Å²) in [4.78, 5) is 0. The fourth-order valence-electron chi connectivity index (χ4n) is 2.51. The van der Waals surface area contributed by atoms with Crippen molar-refractivity contribution in [2.45, 2.75) is 39.4 Å². The van der Waals surface area contributed by atoms with E-state index < -0.39 is 0 Å². The van der Waals surface area contributed by atoms with Gasteiger partial charge in [-0.3, -0.25) is 0 Å². The first-order valence-electron chi connectivity index (χ1n) is 6.19. The second-order valence-electron chi connectivity index (χ2n) is 5.63. The highest BCUT2D eigenvalue weighted by atomic mass is 35.5. The lowest BCUT2D eigenvalue weighted by Crippen LogP contribution is -2.18. The van der Waals surface area contributed by atoms with Gasteiger partial charge in [-0.15, -0.1) is 0 Å². The van der Waals surface area contributed by atoms with Crippen LogP contribution in [0.3, 0.4) is 0 Å². The molecule has 17 heavy (non-hydrogen) atoms. The second kappa shape index (κ2) is 4.90. The molecule has 0 unspecified atom stereocenters. The van der Waals surface area contributed by atoms with Crippen LogP contribution in [0.4, 0.5) is 0 Å². The van der Waals surface area contributed by atoms with Crippen LogP contribution in [0.5, 0.6) is 0 Å². The van der Waals surface area contributed by atoms with Crippen molar-refractivity contribution in [2.75, 3.05) is 0 Å². The Kier molecular flexibility index (Phi) is 3.68. The lowest BCUT2D eigenvalue weighted by Gasteiger charge is -2.33. The molecule has 0 aliphatic heterocycles. The van der Waals surface area contributed by atoms with Gasteiger partial charge >= 0.3 is 0 Å². The maximum absolute atomic E-state index is 5.94. The highest BCUT2D eigenvalue weighted by Gasteiger charge is 2.26. The van der Waals surface area contributed by atoms with Gasteiger partial charge in [0, 0.05) is 5.02 Å². The SMILES string of the molecule is [B]CC1=C(c2ccc(Cl)cc2)CC(C)(C)CC1. The molecule has 0 heterocycles. The van der Waals surface area contributed by atoms with Crippen LogP contribution in [-0.2, 0) is 0 Å². The van der Waals surface area contributed by atoms with Crippen molar-refractivity contribution in [3.8, 4) is 0 Å². The van der Waals surface area contributed by atoms with Crippen LogP contribution in [0, 0.1) is 5.41 Å². The van der Waals surface area contributed by atoms with E-state index in [1.807, 2.05) is 12.1 Å². The zero-order valence-corrected chi connectivity index (χ0v) is 11.3. The summed E-state index contributed by atoms with van der Waals surface area (Å²) in [5.41, 5.74) is 4.50. The van der Waals surface area contributed by atoms with Crippen LogP contribution in [0.2, 0.25) is 11.3 Å². The predicted molar refractivity (Wildman–Crippen MR) is 76.6 cm³/mol. The maximum atomic E-state index is 5.94. The molecular formula is C15H18BCl. The first kappa shape index (κ1) is 12.8. The zero-order valence-electron chi connectivity index (χ0n) is 10.6. The van der Waals surface area contributed by atoms with E-state index in [4.69, 9.17) is 19.4 Å². The Bertz CT molecular complexity index is 429. The quantitative estimate of drug-likeness (QED) is 0.650. The van der Waals surface area contributed by atoms with Gasteiger partial charge in [0.1, 0.15) is 0 Å². The first-order chi connectivity index (χ1) is 8.02. The molecule has 0 bridgehead atoms. The monoisotopic (exact) mass is 244 g/mol. The molecule has 1 aliphatic carbocycles. The molecule has 0 atom stereocenters. The Morgan fingerprint density at radius 3 is 2.47 bits per heavy atom. The fourth-order valence-corrected chi connectivity index (χ4v) is 2.64. The van der Waals surface area contributed by atoms with Gasteiger partial charge in [-0.25, -0.2) is 0 Å². The van der Waals surface area contributed by atoms with Gasteiger partial charge in [0.15, 0.2) is 0 Å². The van der Waals surface area contributed by atoms with Gasteiger partial charge in [-0.2, -0.15) is 0 Å². The molecule has 0 N–H and O–H groups in total. The van der Waals surface area contributed by atoms with Crippen molar-refractivity contribution in [1.82, 2.24) is 0 Å². The van der Waals surface area contributed by atoms with Crippen molar-refractivity contribution in [1.29, 1.82) is 0 Å². The molecule has 0 nitrogen and oxygen atoms in total. The highest BCUT2D eigenvalue weighted by molar-refractivity contribution is 6.30. The molecule has 0 amide bonds. The predicted octanol–water partition coefficient (Wildman–Crippen LogP) is 4.89. The molecule has 0 saturated carbocycles. The fraction of sp³-hybridized carbons (Fsp3) is 0.467. The van der Waals surface area contributed by atoms with Gasteiger partial charge in [0.25, 0.3) is 0 Å². The molecule has 2 radical (unpaired) electrons. The van der Waals surface area contributed by atoms with Crippen LogP contribution in [0.15, 0.2) is 29.8 Å².